The fourth-order valence-electron chi connectivity index (χ4n) is 2.40. The molecule has 3 heterocycles. The summed E-state index contributed by atoms with van der Waals surface area (Å²) in [5, 5.41) is 13.2. The second-order valence-electron chi connectivity index (χ2n) is 4.47. The maximum Gasteiger partial charge on any atom is 0.275 e. The Balaban J connectivity index is 1.88. The SMILES string of the molecule is O=c1cc(CN2CCC[C@H]2CO)nc2scnn12. The van der Waals surface area contributed by atoms with Crippen LogP contribution in [0, 0.1) is 0 Å². The van der Waals surface area contributed by atoms with E-state index in [2.05, 4.69) is 15.0 Å². The summed E-state index contributed by atoms with van der Waals surface area (Å²) in [6.07, 6.45) is 2.10. The van der Waals surface area contributed by atoms with Gasteiger partial charge in [-0.1, -0.05) is 11.3 Å². The molecule has 0 amide bonds. The van der Waals surface area contributed by atoms with Gasteiger partial charge < -0.3 is 5.11 Å². The topological polar surface area (TPSA) is 70.7 Å². The summed E-state index contributed by atoms with van der Waals surface area (Å²) in [4.78, 5) is 19.0. The Morgan fingerprint density at radius 3 is 3.28 bits per heavy atom. The molecule has 6 nitrogen and oxygen atoms in total. The van der Waals surface area contributed by atoms with E-state index in [1.807, 2.05) is 0 Å². The Labute approximate surface area is 108 Å². The van der Waals surface area contributed by atoms with Crippen LogP contribution in [0.5, 0.6) is 0 Å². The molecule has 1 aliphatic heterocycles. The summed E-state index contributed by atoms with van der Waals surface area (Å²) in [6, 6.07) is 1.73. The van der Waals surface area contributed by atoms with Gasteiger partial charge in [-0.3, -0.25) is 9.69 Å². The first-order valence-electron chi connectivity index (χ1n) is 5.95. The summed E-state index contributed by atoms with van der Waals surface area (Å²) in [5.41, 5.74) is 2.22. The molecule has 0 spiro atoms. The minimum absolute atomic E-state index is 0.143. The highest BCUT2D eigenvalue weighted by Crippen LogP contribution is 2.18. The third-order valence-corrected chi connectivity index (χ3v) is 3.99. The van der Waals surface area contributed by atoms with Crippen molar-refractivity contribution in [1.29, 1.82) is 0 Å². The van der Waals surface area contributed by atoms with E-state index in [-0.39, 0.29) is 18.2 Å². The van der Waals surface area contributed by atoms with Crippen molar-refractivity contribution in [3.63, 3.8) is 0 Å². The Bertz CT molecular complexity index is 608. The van der Waals surface area contributed by atoms with Crippen molar-refractivity contribution >= 4 is 16.3 Å². The quantitative estimate of drug-likeness (QED) is 0.853. The predicted molar refractivity (Wildman–Crippen MR) is 67.7 cm³/mol. The molecule has 1 saturated heterocycles. The second-order valence-corrected chi connectivity index (χ2v) is 5.28. The number of likely N-dealkylation sites (tertiary alicyclic amines) is 1. The van der Waals surface area contributed by atoms with Crippen molar-refractivity contribution in [2.24, 2.45) is 0 Å². The van der Waals surface area contributed by atoms with Crippen LogP contribution in [0.15, 0.2) is 16.4 Å². The highest BCUT2D eigenvalue weighted by atomic mass is 32.1. The number of hydrogen-bond donors (Lipinski definition) is 1. The van der Waals surface area contributed by atoms with Gasteiger partial charge in [-0.25, -0.2) is 4.98 Å². The average molecular weight is 266 g/mol. The van der Waals surface area contributed by atoms with Crippen LogP contribution in [0.1, 0.15) is 18.5 Å². The van der Waals surface area contributed by atoms with Gasteiger partial charge in [0.1, 0.15) is 5.51 Å². The molecule has 0 saturated carbocycles. The molecule has 1 fully saturated rings. The highest BCUT2D eigenvalue weighted by Gasteiger charge is 2.24. The second kappa shape index (κ2) is 4.75. The summed E-state index contributed by atoms with van der Waals surface area (Å²) in [7, 11) is 0. The Hall–Kier alpha value is -1.31. The summed E-state index contributed by atoms with van der Waals surface area (Å²) in [6.45, 7) is 1.74. The van der Waals surface area contributed by atoms with Gasteiger partial charge in [0.2, 0.25) is 4.96 Å². The number of nitrogens with zero attached hydrogens (tertiary/aromatic N) is 4. The van der Waals surface area contributed by atoms with Crippen LogP contribution in [0.3, 0.4) is 0 Å². The molecule has 2 aromatic rings. The van der Waals surface area contributed by atoms with E-state index < -0.39 is 0 Å². The average Bonchev–Trinajstić information content (AvgIpc) is 2.97. The maximum atomic E-state index is 11.8. The molecular weight excluding hydrogens is 252 g/mol. The van der Waals surface area contributed by atoms with Crippen LogP contribution in [-0.2, 0) is 6.54 Å². The molecule has 3 rings (SSSR count). The van der Waals surface area contributed by atoms with Crippen LogP contribution >= 0.6 is 11.3 Å². The van der Waals surface area contributed by atoms with Gasteiger partial charge in [0.05, 0.1) is 12.3 Å². The Kier molecular flexibility index (Phi) is 3.11. The van der Waals surface area contributed by atoms with E-state index in [4.69, 9.17) is 0 Å². The van der Waals surface area contributed by atoms with Crippen molar-refractivity contribution in [2.75, 3.05) is 13.2 Å². The Morgan fingerprint density at radius 2 is 2.44 bits per heavy atom. The molecule has 0 bridgehead atoms. The molecule has 0 aliphatic carbocycles. The van der Waals surface area contributed by atoms with Crippen LogP contribution in [-0.4, -0.2) is 43.8 Å². The maximum absolute atomic E-state index is 11.8. The molecule has 0 aromatic carbocycles. The lowest BCUT2D eigenvalue weighted by Gasteiger charge is -2.21. The Morgan fingerprint density at radius 1 is 1.56 bits per heavy atom. The summed E-state index contributed by atoms with van der Waals surface area (Å²) >= 11 is 1.35. The third kappa shape index (κ3) is 2.05. The van der Waals surface area contributed by atoms with Crippen LogP contribution in [0.4, 0.5) is 0 Å². The molecule has 0 unspecified atom stereocenters. The van der Waals surface area contributed by atoms with Crippen LogP contribution in [0.25, 0.3) is 4.96 Å². The fourth-order valence-corrected chi connectivity index (χ4v) is 3.04. The van der Waals surface area contributed by atoms with Crippen molar-refractivity contribution in [2.45, 2.75) is 25.4 Å². The minimum Gasteiger partial charge on any atom is -0.395 e. The first-order valence-corrected chi connectivity index (χ1v) is 6.83. The van der Waals surface area contributed by atoms with Gasteiger partial charge in [-0.05, 0) is 19.4 Å². The standard InChI is InChI=1S/C11H14N4O2S/c16-6-9-2-1-3-14(9)5-8-4-10(17)15-11(13-8)18-7-12-15/h4,7,9,16H,1-3,5-6H2/t9-/m0/s1. The first kappa shape index (κ1) is 11.8. The summed E-state index contributed by atoms with van der Waals surface area (Å²) < 4.78 is 1.31. The number of fused-ring (bicyclic) bond motifs is 1. The highest BCUT2D eigenvalue weighted by molar-refractivity contribution is 7.14. The molecule has 1 atom stereocenters. The van der Waals surface area contributed by atoms with Gasteiger partial charge in [0.15, 0.2) is 0 Å². The third-order valence-electron chi connectivity index (χ3n) is 3.31. The predicted octanol–water partition coefficient (Wildman–Crippen LogP) is 0.108. The lowest BCUT2D eigenvalue weighted by molar-refractivity contribution is 0.152. The number of rotatable bonds is 3. The first-order chi connectivity index (χ1) is 8.78. The van der Waals surface area contributed by atoms with E-state index in [0.29, 0.717) is 11.5 Å². The van der Waals surface area contributed by atoms with Gasteiger partial charge >= 0.3 is 0 Å². The van der Waals surface area contributed by atoms with Gasteiger partial charge in [0, 0.05) is 18.7 Å². The van der Waals surface area contributed by atoms with Gasteiger partial charge in [0.25, 0.3) is 5.56 Å². The van der Waals surface area contributed by atoms with Gasteiger partial charge in [-0.15, -0.1) is 0 Å². The van der Waals surface area contributed by atoms with Crippen LogP contribution < -0.4 is 5.56 Å². The number of aliphatic hydroxyl groups is 1. The monoisotopic (exact) mass is 266 g/mol. The lowest BCUT2D eigenvalue weighted by atomic mass is 10.2. The molecule has 96 valence electrons. The van der Waals surface area contributed by atoms with Crippen molar-refractivity contribution in [3.05, 3.63) is 27.6 Å². The molecular formula is C11H14N4O2S. The largest absolute Gasteiger partial charge is 0.395 e. The zero-order valence-corrected chi connectivity index (χ0v) is 10.6. The smallest absolute Gasteiger partial charge is 0.275 e. The number of aromatic nitrogens is 3. The zero-order valence-electron chi connectivity index (χ0n) is 9.82. The van der Waals surface area contributed by atoms with Crippen molar-refractivity contribution in [3.8, 4) is 0 Å². The fraction of sp³-hybridized carbons (Fsp3) is 0.545. The molecule has 0 radical (unpaired) electrons. The zero-order chi connectivity index (χ0) is 12.5. The number of aliphatic hydroxyl groups excluding tert-OH is 1. The van der Waals surface area contributed by atoms with E-state index in [1.54, 1.807) is 5.51 Å². The van der Waals surface area contributed by atoms with Crippen LogP contribution in [0.2, 0.25) is 0 Å². The van der Waals surface area contributed by atoms with Crippen molar-refractivity contribution in [1.82, 2.24) is 19.5 Å². The lowest BCUT2D eigenvalue weighted by Crippen LogP contribution is -2.32. The number of hydrogen-bond acceptors (Lipinski definition) is 6. The summed E-state index contributed by atoms with van der Waals surface area (Å²) in [5.74, 6) is 0. The van der Waals surface area contributed by atoms with E-state index in [1.165, 1.54) is 21.9 Å². The molecule has 1 aliphatic rings. The van der Waals surface area contributed by atoms with Crippen molar-refractivity contribution < 1.29 is 5.11 Å². The molecule has 7 heteroatoms. The molecule has 2 aromatic heterocycles. The van der Waals surface area contributed by atoms with E-state index in [9.17, 15) is 9.90 Å². The minimum atomic E-state index is -0.143. The van der Waals surface area contributed by atoms with E-state index in [0.717, 1.165) is 25.1 Å². The van der Waals surface area contributed by atoms with E-state index >= 15 is 0 Å². The molecule has 18 heavy (non-hydrogen) atoms. The normalized spacial score (nSPS) is 20.8. The van der Waals surface area contributed by atoms with Gasteiger partial charge in [-0.2, -0.15) is 9.61 Å². The molecule has 1 N–H and O–H groups in total.